The maximum absolute atomic E-state index is 12.7. The molecule has 0 unspecified atom stereocenters. The summed E-state index contributed by atoms with van der Waals surface area (Å²) < 4.78 is 0. The van der Waals surface area contributed by atoms with Crippen LogP contribution in [0.4, 0.5) is 5.69 Å². The molecule has 1 amide bonds. The van der Waals surface area contributed by atoms with E-state index in [1.807, 2.05) is 18.2 Å². The highest BCUT2D eigenvalue weighted by Gasteiger charge is 2.21. The van der Waals surface area contributed by atoms with Gasteiger partial charge < -0.3 is 10.2 Å². The first-order valence-corrected chi connectivity index (χ1v) is 7.17. The Balaban J connectivity index is 2.24. The number of hydrogen-bond acceptors (Lipinski definition) is 4. The fraction of sp³-hybridized carbons (Fsp3) is 0.438. The van der Waals surface area contributed by atoms with Crippen molar-refractivity contribution in [1.29, 1.82) is 10.5 Å². The smallest absolute Gasteiger partial charge is 0.254 e. The van der Waals surface area contributed by atoms with Crippen LogP contribution >= 0.6 is 0 Å². The second-order valence-corrected chi connectivity index (χ2v) is 4.97. The minimum Gasteiger partial charge on any atom is -0.385 e. The van der Waals surface area contributed by atoms with Gasteiger partial charge in [-0.05, 0) is 30.5 Å². The number of amides is 1. The molecule has 5 nitrogen and oxygen atoms in total. The molecule has 5 heteroatoms. The molecule has 0 saturated heterocycles. The summed E-state index contributed by atoms with van der Waals surface area (Å²) in [6.45, 7) is 1.67. The zero-order valence-electron chi connectivity index (χ0n) is 11.9. The summed E-state index contributed by atoms with van der Waals surface area (Å²) in [5.41, 5.74) is 2.76. The van der Waals surface area contributed by atoms with Crippen LogP contribution in [0.5, 0.6) is 0 Å². The lowest BCUT2D eigenvalue weighted by Gasteiger charge is -2.25. The van der Waals surface area contributed by atoms with Gasteiger partial charge in [-0.25, -0.2) is 0 Å². The third-order valence-electron chi connectivity index (χ3n) is 3.60. The molecule has 108 valence electrons. The van der Waals surface area contributed by atoms with Crippen molar-refractivity contribution in [2.24, 2.45) is 0 Å². The first-order chi connectivity index (χ1) is 10.3. The molecule has 0 atom stereocenters. The number of nitrogens with zero attached hydrogens (tertiary/aromatic N) is 3. The van der Waals surface area contributed by atoms with Gasteiger partial charge in [-0.3, -0.25) is 4.79 Å². The fourth-order valence-corrected chi connectivity index (χ4v) is 2.57. The summed E-state index contributed by atoms with van der Waals surface area (Å²) in [4.78, 5) is 14.3. The molecular weight excluding hydrogens is 264 g/mol. The first kappa shape index (κ1) is 14.9. The van der Waals surface area contributed by atoms with E-state index in [1.165, 1.54) is 0 Å². The number of hydrogen-bond donors (Lipinski definition) is 1. The van der Waals surface area contributed by atoms with E-state index in [2.05, 4.69) is 17.5 Å². The van der Waals surface area contributed by atoms with Crippen molar-refractivity contribution in [2.45, 2.75) is 25.7 Å². The molecule has 1 aromatic carbocycles. The summed E-state index contributed by atoms with van der Waals surface area (Å²) >= 11 is 0. The van der Waals surface area contributed by atoms with Gasteiger partial charge in [0.25, 0.3) is 5.91 Å². The van der Waals surface area contributed by atoms with Crippen molar-refractivity contribution in [2.75, 3.05) is 25.0 Å². The number of nitriles is 2. The highest BCUT2D eigenvalue weighted by atomic mass is 16.2. The molecule has 1 heterocycles. The van der Waals surface area contributed by atoms with Gasteiger partial charge in [0.1, 0.15) is 0 Å². The maximum atomic E-state index is 12.7. The van der Waals surface area contributed by atoms with Gasteiger partial charge >= 0.3 is 0 Å². The average Bonchev–Trinajstić information content (AvgIpc) is 2.54. The van der Waals surface area contributed by atoms with Crippen molar-refractivity contribution in [3.8, 4) is 12.1 Å². The van der Waals surface area contributed by atoms with Gasteiger partial charge in [0.2, 0.25) is 0 Å². The van der Waals surface area contributed by atoms with Gasteiger partial charge in [-0.15, -0.1) is 0 Å². The molecule has 0 fully saturated rings. The predicted molar refractivity (Wildman–Crippen MR) is 79.6 cm³/mol. The zero-order valence-corrected chi connectivity index (χ0v) is 11.9. The van der Waals surface area contributed by atoms with Crippen molar-refractivity contribution in [3.63, 3.8) is 0 Å². The van der Waals surface area contributed by atoms with E-state index in [0.29, 0.717) is 18.7 Å². The molecule has 0 saturated carbocycles. The first-order valence-electron chi connectivity index (χ1n) is 7.17. The molecule has 0 radical (unpaired) electrons. The number of benzene rings is 1. The summed E-state index contributed by atoms with van der Waals surface area (Å²) in [5, 5.41) is 20.8. The van der Waals surface area contributed by atoms with Crippen LogP contribution in [0, 0.1) is 22.7 Å². The minimum absolute atomic E-state index is 0.0824. The summed E-state index contributed by atoms with van der Waals surface area (Å²) in [6, 6.07) is 9.80. The number of rotatable bonds is 5. The third kappa shape index (κ3) is 3.52. The molecule has 1 aliphatic rings. The van der Waals surface area contributed by atoms with Gasteiger partial charge in [-0.2, -0.15) is 10.5 Å². The molecular formula is C16H18N4O. The lowest BCUT2D eigenvalue weighted by atomic mass is 9.96. The van der Waals surface area contributed by atoms with Crippen molar-refractivity contribution in [3.05, 3.63) is 29.3 Å². The van der Waals surface area contributed by atoms with Crippen LogP contribution < -0.4 is 5.32 Å². The molecule has 1 N–H and O–H groups in total. The standard InChI is InChI=1S/C16H18N4O/c17-8-3-11-20(12-4-9-18)16(21)14-5-1-7-15-13(14)6-2-10-19-15/h1,5,7,19H,2-4,6,10-12H2. The largest absolute Gasteiger partial charge is 0.385 e. The zero-order chi connectivity index (χ0) is 15.1. The number of fused-ring (bicyclic) bond motifs is 1. The van der Waals surface area contributed by atoms with E-state index in [1.54, 1.807) is 4.90 Å². The molecule has 1 aliphatic heterocycles. The molecule has 0 aromatic heterocycles. The fourth-order valence-electron chi connectivity index (χ4n) is 2.57. The highest BCUT2D eigenvalue weighted by Crippen LogP contribution is 2.26. The van der Waals surface area contributed by atoms with E-state index in [-0.39, 0.29) is 18.7 Å². The summed E-state index contributed by atoms with van der Waals surface area (Å²) in [6.07, 6.45) is 2.46. The second-order valence-electron chi connectivity index (χ2n) is 4.97. The Labute approximate surface area is 124 Å². The Bertz CT molecular complexity index is 579. The normalized spacial score (nSPS) is 12.5. The molecule has 21 heavy (non-hydrogen) atoms. The third-order valence-corrected chi connectivity index (χ3v) is 3.60. The van der Waals surface area contributed by atoms with Gasteiger partial charge in [-0.1, -0.05) is 6.07 Å². The minimum atomic E-state index is -0.0824. The molecule has 0 bridgehead atoms. The van der Waals surface area contributed by atoms with Crippen LogP contribution in [-0.4, -0.2) is 30.4 Å². The molecule has 1 aromatic rings. The van der Waals surface area contributed by atoms with Crippen LogP contribution in [0.1, 0.15) is 35.2 Å². The van der Waals surface area contributed by atoms with Crippen LogP contribution in [0.15, 0.2) is 18.2 Å². The van der Waals surface area contributed by atoms with Crippen LogP contribution in [0.3, 0.4) is 0 Å². The Morgan fingerprint density at radius 2 is 1.95 bits per heavy atom. The van der Waals surface area contributed by atoms with Crippen molar-refractivity contribution in [1.82, 2.24) is 4.90 Å². The van der Waals surface area contributed by atoms with E-state index in [9.17, 15) is 4.79 Å². The van der Waals surface area contributed by atoms with Crippen molar-refractivity contribution >= 4 is 11.6 Å². The number of anilines is 1. The van der Waals surface area contributed by atoms with Crippen LogP contribution in [0.25, 0.3) is 0 Å². The van der Waals surface area contributed by atoms with Gasteiger partial charge in [0.05, 0.1) is 25.0 Å². The monoisotopic (exact) mass is 282 g/mol. The lowest BCUT2D eigenvalue weighted by Crippen LogP contribution is -2.34. The van der Waals surface area contributed by atoms with E-state index in [0.717, 1.165) is 30.6 Å². The average molecular weight is 282 g/mol. The van der Waals surface area contributed by atoms with Gasteiger partial charge in [0.15, 0.2) is 0 Å². The Hall–Kier alpha value is -2.53. The molecule has 0 aliphatic carbocycles. The summed E-state index contributed by atoms with van der Waals surface area (Å²) in [5.74, 6) is -0.0824. The Morgan fingerprint density at radius 3 is 2.62 bits per heavy atom. The van der Waals surface area contributed by atoms with Crippen LogP contribution in [-0.2, 0) is 6.42 Å². The van der Waals surface area contributed by atoms with Gasteiger partial charge in [0, 0.05) is 30.9 Å². The summed E-state index contributed by atoms with van der Waals surface area (Å²) in [7, 11) is 0. The topological polar surface area (TPSA) is 79.9 Å². The van der Waals surface area contributed by atoms with E-state index >= 15 is 0 Å². The van der Waals surface area contributed by atoms with E-state index < -0.39 is 0 Å². The number of nitrogens with one attached hydrogen (secondary N) is 1. The highest BCUT2D eigenvalue weighted by molar-refractivity contribution is 5.97. The molecule has 2 rings (SSSR count). The Morgan fingerprint density at radius 1 is 1.24 bits per heavy atom. The van der Waals surface area contributed by atoms with Crippen LogP contribution in [0.2, 0.25) is 0 Å². The second kappa shape index (κ2) is 7.31. The quantitative estimate of drug-likeness (QED) is 0.898. The lowest BCUT2D eigenvalue weighted by molar-refractivity contribution is 0.0761. The SMILES string of the molecule is N#CCCN(CCC#N)C(=O)c1cccc2c1CCCN2. The van der Waals surface area contributed by atoms with Crippen molar-refractivity contribution < 1.29 is 4.79 Å². The predicted octanol–water partition coefficient (Wildman–Crippen LogP) is 2.31. The number of carbonyl (C=O) groups is 1. The Kier molecular flexibility index (Phi) is 5.17. The maximum Gasteiger partial charge on any atom is 0.254 e. The van der Waals surface area contributed by atoms with E-state index in [4.69, 9.17) is 10.5 Å². The number of carbonyl (C=O) groups excluding carboxylic acids is 1. The molecule has 0 spiro atoms.